The Kier molecular flexibility index (Phi) is 10.2. The van der Waals surface area contributed by atoms with Gasteiger partial charge in [-0.2, -0.15) is 0 Å². The minimum Gasteiger partial charge on any atom is -0.497 e. The lowest BCUT2D eigenvalue weighted by molar-refractivity contribution is -0.141. The van der Waals surface area contributed by atoms with Crippen LogP contribution in [0.5, 0.6) is 11.6 Å². The molecule has 1 N–H and O–H groups in total. The molecule has 1 saturated carbocycles. The summed E-state index contributed by atoms with van der Waals surface area (Å²) in [6.45, 7) is 7.48. The van der Waals surface area contributed by atoms with Crippen molar-refractivity contribution in [1.82, 2.24) is 20.2 Å². The molecule has 0 spiro atoms. The monoisotopic (exact) mass is 624 g/mol. The fourth-order valence-electron chi connectivity index (χ4n) is 7.19. The molecule has 3 heterocycles. The summed E-state index contributed by atoms with van der Waals surface area (Å²) in [6, 6.07) is 3.86. The van der Waals surface area contributed by atoms with Gasteiger partial charge in [-0.25, -0.2) is 14.8 Å². The van der Waals surface area contributed by atoms with Crippen LogP contribution in [0.25, 0.3) is 11.0 Å². The number of hydrogen-bond donors (Lipinski definition) is 1. The molecule has 2 fully saturated rings. The highest BCUT2D eigenvalue weighted by Gasteiger charge is 2.51. The largest absolute Gasteiger partial charge is 0.497 e. The molecule has 1 aromatic carbocycles. The van der Waals surface area contributed by atoms with Crippen LogP contribution in [-0.4, -0.2) is 84.3 Å². The molecule has 45 heavy (non-hydrogen) atoms. The summed E-state index contributed by atoms with van der Waals surface area (Å²) >= 11 is 0. The van der Waals surface area contributed by atoms with Gasteiger partial charge < -0.3 is 29.2 Å². The average Bonchev–Trinajstić information content (AvgIpc) is 3.58. The number of carbonyl (C=O) groups excluding carboxylic acids is 3. The number of nitrogens with one attached hydrogen (secondary N) is 1. The van der Waals surface area contributed by atoms with Gasteiger partial charge in [0.1, 0.15) is 29.7 Å². The van der Waals surface area contributed by atoms with Gasteiger partial charge in [-0.3, -0.25) is 9.59 Å². The van der Waals surface area contributed by atoms with Crippen LogP contribution >= 0.6 is 0 Å². The van der Waals surface area contributed by atoms with Crippen LogP contribution in [0.2, 0.25) is 0 Å². The van der Waals surface area contributed by atoms with Crippen molar-refractivity contribution in [3.8, 4) is 11.6 Å². The van der Waals surface area contributed by atoms with Gasteiger partial charge in [0.15, 0.2) is 5.78 Å². The lowest BCUT2D eigenvalue weighted by atomic mass is 9.85. The molecule has 246 valence electrons. The molecule has 0 unspecified atom stereocenters. The number of aromatic nitrogens is 2. The third kappa shape index (κ3) is 7.34. The minimum atomic E-state index is -0.920. The molecule has 1 aliphatic carbocycles. The summed E-state index contributed by atoms with van der Waals surface area (Å²) in [6.07, 6.45) is 6.05. The zero-order chi connectivity index (χ0) is 32.3. The lowest BCUT2D eigenvalue weighted by Crippen LogP contribution is -2.57. The Morgan fingerprint density at radius 3 is 2.49 bits per heavy atom. The number of aryl methyl sites for hydroxylation is 1. The van der Waals surface area contributed by atoms with E-state index in [1.54, 1.807) is 19.1 Å². The van der Waals surface area contributed by atoms with E-state index >= 15 is 0 Å². The van der Waals surface area contributed by atoms with Crippen molar-refractivity contribution in [1.29, 1.82) is 0 Å². The normalized spacial score (nSPS) is 28.3. The van der Waals surface area contributed by atoms with E-state index in [9.17, 15) is 14.4 Å². The predicted octanol–water partition coefficient (Wildman–Crippen LogP) is 4.87. The zero-order valence-electron chi connectivity index (χ0n) is 27.5. The second-order valence-electron chi connectivity index (χ2n) is 13.8. The highest BCUT2D eigenvalue weighted by Crippen LogP contribution is 2.36. The van der Waals surface area contributed by atoms with E-state index in [2.05, 4.69) is 5.32 Å². The fourth-order valence-corrected chi connectivity index (χ4v) is 7.19. The van der Waals surface area contributed by atoms with E-state index in [-0.39, 0.29) is 30.9 Å². The van der Waals surface area contributed by atoms with Crippen molar-refractivity contribution in [3.05, 3.63) is 23.9 Å². The average molecular weight is 625 g/mol. The maximum absolute atomic E-state index is 14.3. The smallest absolute Gasteiger partial charge is 0.408 e. The van der Waals surface area contributed by atoms with Crippen molar-refractivity contribution in [3.63, 3.8) is 0 Å². The van der Waals surface area contributed by atoms with E-state index in [1.807, 2.05) is 39.0 Å². The van der Waals surface area contributed by atoms with Gasteiger partial charge in [0.2, 0.25) is 11.8 Å². The van der Waals surface area contributed by atoms with Crippen molar-refractivity contribution in [2.24, 2.45) is 17.3 Å². The maximum Gasteiger partial charge on any atom is 0.408 e. The first-order valence-corrected chi connectivity index (χ1v) is 16.3. The Morgan fingerprint density at radius 1 is 1.00 bits per heavy atom. The van der Waals surface area contributed by atoms with E-state index in [0.29, 0.717) is 29.5 Å². The topological polar surface area (TPSA) is 129 Å². The summed E-state index contributed by atoms with van der Waals surface area (Å²) in [5.41, 5.74) is 1.47. The van der Waals surface area contributed by atoms with Crippen LogP contribution in [0.3, 0.4) is 0 Å². The summed E-state index contributed by atoms with van der Waals surface area (Å²) in [5.74, 6) is 0.355. The third-order valence-corrected chi connectivity index (χ3v) is 9.54. The Labute approximate surface area is 265 Å². The number of fused-ring (bicyclic) bond motifs is 5. The van der Waals surface area contributed by atoms with E-state index < -0.39 is 35.6 Å². The van der Waals surface area contributed by atoms with Crippen molar-refractivity contribution in [2.45, 2.75) is 103 Å². The van der Waals surface area contributed by atoms with E-state index in [4.69, 9.17) is 28.9 Å². The minimum absolute atomic E-state index is 0.127. The quantitative estimate of drug-likeness (QED) is 0.506. The highest BCUT2D eigenvalue weighted by molar-refractivity contribution is 5.92. The molecule has 6 atom stereocenters. The second-order valence-corrected chi connectivity index (χ2v) is 13.8. The summed E-state index contributed by atoms with van der Waals surface area (Å²) in [5, 5.41) is 2.89. The van der Waals surface area contributed by atoms with Gasteiger partial charge in [0.25, 0.3) is 0 Å². The van der Waals surface area contributed by atoms with E-state index in [1.165, 1.54) is 6.92 Å². The molecule has 5 rings (SSSR count). The van der Waals surface area contributed by atoms with Gasteiger partial charge in [-0.05, 0) is 68.9 Å². The Balaban J connectivity index is 1.56. The van der Waals surface area contributed by atoms with Crippen molar-refractivity contribution in [2.75, 3.05) is 27.4 Å². The molecular formula is C34H48N4O7. The van der Waals surface area contributed by atoms with Crippen LogP contribution in [0.15, 0.2) is 18.2 Å². The van der Waals surface area contributed by atoms with Crippen LogP contribution in [0.1, 0.15) is 78.3 Å². The van der Waals surface area contributed by atoms with Gasteiger partial charge in [0, 0.05) is 19.1 Å². The fraction of sp³-hybridized carbons (Fsp3) is 0.676. The van der Waals surface area contributed by atoms with Gasteiger partial charge in [-0.15, -0.1) is 0 Å². The Morgan fingerprint density at radius 2 is 1.78 bits per heavy atom. The summed E-state index contributed by atoms with van der Waals surface area (Å²) in [4.78, 5) is 52.2. The number of alkyl carbamates (subject to hydrolysis) is 1. The van der Waals surface area contributed by atoms with Gasteiger partial charge in [0.05, 0.1) is 37.3 Å². The summed E-state index contributed by atoms with van der Waals surface area (Å²) < 4.78 is 23.6. The number of methoxy groups -OCH3 is 2. The highest BCUT2D eigenvalue weighted by atomic mass is 16.6. The van der Waals surface area contributed by atoms with Crippen LogP contribution in [-0.2, 0) is 25.5 Å². The van der Waals surface area contributed by atoms with Gasteiger partial charge in [-0.1, -0.05) is 33.6 Å². The molecule has 2 amide bonds. The number of carbonyl (C=O) groups is 3. The summed E-state index contributed by atoms with van der Waals surface area (Å²) in [7, 11) is 3.17. The third-order valence-electron chi connectivity index (χ3n) is 9.54. The van der Waals surface area contributed by atoms with E-state index in [0.717, 1.165) is 56.2 Å². The molecule has 2 aliphatic heterocycles. The van der Waals surface area contributed by atoms with Crippen LogP contribution < -0.4 is 14.8 Å². The van der Waals surface area contributed by atoms with Crippen LogP contribution in [0.4, 0.5) is 4.79 Å². The van der Waals surface area contributed by atoms with Crippen molar-refractivity contribution >= 4 is 28.8 Å². The second kappa shape index (κ2) is 13.9. The van der Waals surface area contributed by atoms with Gasteiger partial charge >= 0.3 is 6.09 Å². The molecule has 11 nitrogen and oxygen atoms in total. The molecular weight excluding hydrogens is 576 g/mol. The number of nitrogens with zero attached hydrogens (tertiary/aromatic N) is 3. The number of Topliss-reactive ketones (excluding diaryl/α,β-unsaturated/α-hetero) is 1. The first-order valence-electron chi connectivity index (χ1n) is 16.3. The van der Waals surface area contributed by atoms with Crippen LogP contribution in [0, 0.1) is 17.3 Å². The number of ether oxygens (including phenoxy) is 4. The molecule has 1 saturated heterocycles. The van der Waals surface area contributed by atoms with Crippen molar-refractivity contribution < 1.29 is 33.3 Å². The zero-order valence-corrected chi connectivity index (χ0v) is 27.5. The Bertz CT molecular complexity index is 1390. The number of benzene rings is 1. The number of hydrogen-bond acceptors (Lipinski definition) is 9. The Hall–Kier alpha value is -3.47. The standard InChI is InChI=1S/C34H48N4O7/c1-20(39)29-23(19-42-5)28-18-38(29)32(40)30(34(2,3)4)37-33(41)45-27-14-10-12-21(27)11-8-7-9-13-25-31(44-28)36-26-17-22(43-6)15-16-24(26)35-25/h15-17,21,23,27-30H,7-14,18-19H2,1-6H3,(H,37,41)/t21-,23-,27-,28+,29-,30-/m1/s1. The molecule has 1 aromatic heterocycles. The molecule has 3 aliphatic rings. The SMILES string of the molecule is COC[C@@H]1[C@@H]2CN(C(=O)[C@H](C(C)(C)C)NC(=O)O[C@@H]3CCC[C@H]3CCCCCc3nc4ccc(OC)cc4nc3O2)[C@@H]1C(C)=O. The predicted molar refractivity (Wildman–Crippen MR) is 168 cm³/mol. The number of amides is 2. The first-order chi connectivity index (χ1) is 21.5. The number of ketones is 1. The molecule has 2 aromatic rings. The lowest BCUT2D eigenvalue weighted by Gasteiger charge is -2.35. The molecule has 0 radical (unpaired) electrons. The maximum atomic E-state index is 14.3. The molecule has 2 bridgehead atoms. The molecule has 11 heteroatoms. The first kappa shape index (κ1) is 32.9. The number of rotatable bonds is 4.